The monoisotopic (exact) mass is 490 g/mol. The van der Waals surface area contributed by atoms with Crippen LogP contribution in [0.1, 0.15) is 26.4 Å². The van der Waals surface area contributed by atoms with Gasteiger partial charge >= 0.3 is 0 Å². The average molecular weight is 491 g/mol. The molecule has 0 fully saturated rings. The number of carbonyl (C=O) groups is 2. The number of carbonyl (C=O) groups excluding carboxylic acids is 2. The van der Waals surface area contributed by atoms with Crippen molar-refractivity contribution in [1.29, 1.82) is 0 Å². The number of rotatable bonds is 5. The molecular weight excluding hydrogens is 472 g/mol. The molecule has 0 saturated heterocycles. The molecule has 0 aliphatic rings. The van der Waals surface area contributed by atoms with Crippen LogP contribution >= 0.6 is 15.9 Å². The summed E-state index contributed by atoms with van der Waals surface area (Å²) in [5.41, 5.74) is 6.45. The van der Waals surface area contributed by atoms with Crippen molar-refractivity contribution in [3.8, 4) is 0 Å². The Hall–Kier alpha value is -3.11. The van der Waals surface area contributed by atoms with Crippen molar-refractivity contribution >= 4 is 43.5 Å². The van der Waals surface area contributed by atoms with Gasteiger partial charge in [-0.25, -0.2) is 8.42 Å². The average Bonchev–Trinajstić information content (AvgIpc) is 3.05. The molecule has 3 aromatic rings. The molecule has 0 saturated carbocycles. The lowest BCUT2D eigenvalue weighted by Crippen LogP contribution is -2.42. The first-order valence-corrected chi connectivity index (χ1v) is 11.1. The predicted molar refractivity (Wildman–Crippen MR) is 116 cm³/mol. The second-order valence-electron chi connectivity index (χ2n) is 6.51. The number of aryl methyl sites for hydroxylation is 2. The molecule has 1 heterocycles. The summed E-state index contributed by atoms with van der Waals surface area (Å²) >= 11 is 3.27. The van der Waals surface area contributed by atoms with E-state index < -0.39 is 21.8 Å². The van der Waals surface area contributed by atoms with E-state index in [1.165, 1.54) is 24.3 Å². The summed E-state index contributed by atoms with van der Waals surface area (Å²) in [6.07, 6.45) is 1.71. The van der Waals surface area contributed by atoms with Gasteiger partial charge in [-0.1, -0.05) is 18.2 Å². The van der Waals surface area contributed by atoms with E-state index in [0.29, 0.717) is 11.4 Å². The van der Waals surface area contributed by atoms with E-state index in [2.05, 4.69) is 31.5 Å². The lowest BCUT2D eigenvalue weighted by atomic mass is 10.2. The maximum Gasteiger partial charge on any atom is 0.286 e. The van der Waals surface area contributed by atoms with E-state index in [-0.39, 0.29) is 10.5 Å². The number of nitrogens with zero attached hydrogens (tertiary/aromatic N) is 1. The quantitative estimate of drug-likeness (QED) is 0.477. The van der Waals surface area contributed by atoms with Crippen molar-refractivity contribution < 1.29 is 18.0 Å². The highest BCUT2D eigenvalue weighted by molar-refractivity contribution is 9.10. The van der Waals surface area contributed by atoms with Crippen molar-refractivity contribution in [1.82, 2.24) is 15.4 Å². The molecule has 30 heavy (non-hydrogen) atoms. The van der Waals surface area contributed by atoms with Crippen LogP contribution in [-0.2, 0) is 17.1 Å². The highest BCUT2D eigenvalue weighted by Crippen LogP contribution is 2.19. The van der Waals surface area contributed by atoms with Gasteiger partial charge in [0, 0.05) is 23.3 Å². The van der Waals surface area contributed by atoms with Crippen LogP contribution in [0.4, 0.5) is 5.69 Å². The van der Waals surface area contributed by atoms with Gasteiger partial charge in [-0.05, 0) is 64.8 Å². The fourth-order valence-corrected chi connectivity index (χ4v) is 4.33. The molecule has 3 rings (SSSR count). The van der Waals surface area contributed by atoms with Crippen LogP contribution in [-0.4, -0.2) is 24.8 Å². The van der Waals surface area contributed by atoms with Crippen molar-refractivity contribution in [3.63, 3.8) is 0 Å². The van der Waals surface area contributed by atoms with E-state index in [9.17, 15) is 18.0 Å². The first-order chi connectivity index (χ1) is 14.2. The number of hydrogen-bond acceptors (Lipinski definition) is 4. The Balaban J connectivity index is 1.66. The number of anilines is 1. The summed E-state index contributed by atoms with van der Waals surface area (Å²) in [5, 5.41) is 0. The SMILES string of the molecule is Cc1ccccc1NS(=O)(=O)c1ccc(C(=O)NNC(=O)c2cc(Br)cn2C)cc1. The third-order valence-electron chi connectivity index (χ3n) is 4.31. The lowest BCUT2D eigenvalue weighted by molar-refractivity contribution is 0.0842. The van der Waals surface area contributed by atoms with E-state index in [1.807, 2.05) is 6.07 Å². The molecule has 0 aliphatic carbocycles. The zero-order valence-electron chi connectivity index (χ0n) is 16.1. The molecule has 156 valence electrons. The molecule has 2 amide bonds. The molecule has 0 unspecified atom stereocenters. The van der Waals surface area contributed by atoms with Crippen LogP contribution < -0.4 is 15.6 Å². The van der Waals surface area contributed by atoms with Gasteiger partial charge in [0.25, 0.3) is 21.8 Å². The number of aromatic nitrogens is 1. The number of amides is 2. The van der Waals surface area contributed by atoms with Gasteiger partial charge in [0.1, 0.15) is 5.69 Å². The molecule has 0 atom stereocenters. The number of halogens is 1. The molecule has 0 aliphatic heterocycles. The van der Waals surface area contributed by atoms with Crippen LogP contribution in [0.5, 0.6) is 0 Å². The Morgan fingerprint density at radius 2 is 1.60 bits per heavy atom. The lowest BCUT2D eigenvalue weighted by Gasteiger charge is -2.11. The maximum atomic E-state index is 12.6. The van der Waals surface area contributed by atoms with Gasteiger partial charge in [0.2, 0.25) is 0 Å². The van der Waals surface area contributed by atoms with Gasteiger partial charge in [-0.15, -0.1) is 0 Å². The van der Waals surface area contributed by atoms with E-state index in [4.69, 9.17) is 0 Å². The standard InChI is InChI=1S/C20H19BrN4O4S/c1-13-5-3-4-6-17(13)24-30(28,29)16-9-7-14(8-10-16)19(26)22-23-20(27)18-11-15(21)12-25(18)2/h3-12,24H,1-2H3,(H,22,26)(H,23,27). The Morgan fingerprint density at radius 1 is 0.967 bits per heavy atom. The molecule has 0 radical (unpaired) electrons. The van der Waals surface area contributed by atoms with Crippen LogP contribution in [0.15, 0.2) is 70.2 Å². The fourth-order valence-electron chi connectivity index (χ4n) is 2.68. The molecule has 2 aromatic carbocycles. The third-order valence-corrected chi connectivity index (χ3v) is 6.13. The van der Waals surface area contributed by atoms with Crippen LogP contribution in [0, 0.1) is 6.92 Å². The number of hydrogen-bond donors (Lipinski definition) is 3. The topological polar surface area (TPSA) is 109 Å². The van der Waals surface area contributed by atoms with Crippen molar-refractivity contribution in [2.75, 3.05) is 4.72 Å². The molecular formula is C20H19BrN4O4S. The number of para-hydroxylation sites is 1. The van der Waals surface area contributed by atoms with Gasteiger partial charge in [-0.3, -0.25) is 25.2 Å². The van der Waals surface area contributed by atoms with E-state index in [0.717, 1.165) is 10.0 Å². The van der Waals surface area contributed by atoms with Crippen LogP contribution in [0.3, 0.4) is 0 Å². The van der Waals surface area contributed by atoms with Gasteiger partial charge < -0.3 is 4.57 Å². The minimum atomic E-state index is -3.80. The Labute approximate surface area is 182 Å². The molecule has 0 spiro atoms. The molecule has 3 N–H and O–H groups in total. The predicted octanol–water partition coefficient (Wildman–Crippen LogP) is 2.97. The summed E-state index contributed by atoms with van der Waals surface area (Å²) < 4.78 is 30.0. The zero-order valence-corrected chi connectivity index (χ0v) is 18.5. The smallest absolute Gasteiger partial charge is 0.286 e. The highest BCUT2D eigenvalue weighted by Gasteiger charge is 2.17. The fraction of sp³-hybridized carbons (Fsp3) is 0.100. The summed E-state index contributed by atoms with van der Waals surface area (Å²) in [6, 6.07) is 14.0. The van der Waals surface area contributed by atoms with Crippen molar-refractivity contribution in [2.24, 2.45) is 7.05 Å². The van der Waals surface area contributed by atoms with Crippen molar-refractivity contribution in [2.45, 2.75) is 11.8 Å². The highest BCUT2D eigenvalue weighted by atomic mass is 79.9. The van der Waals surface area contributed by atoms with Gasteiger partial charge in [-0.2, -0.15) is 0 Å². The number of sulfonamides is 1. The van der Waals surface area contributed by atoms with E-state index in [1.54, 1.807) is 49.0 Å². The van der Waals surface area contributed by atoms with Crippen LogP contribution in [0.25, 0.3) is 0 Å². The zero-order chi connectivity index (χ0) is 21.9. The summed E-state index contributed by atoms with van der Waals surface area (Å²) in [4.78, 5) is 24.4. The number of benzene rings is 2. The molecule has 8 nitrogen and oxygen atoms in total. The summed E-state index contributed by atoms with van der Waals surface area (Å²) in [7, 11) is -2.10. The maximum absolute atomic E-state index is 12.6. The second kappa shape index (κ2) is 8.72. The largest absolute Gasteiger partial charge is 0.345 e. The molecule has 1 aromatic heterocycles. The molecule has 10 heteroatoms. The normalized spacial score (nSPS) is 11.0. The minimum Gasteiger partial charge on any atom is -0.345 e. The Kier molecular flexibility index (Phi) is 6.28. The molecule has 0 bridgehead atoms. The Morgan fingerprint density at radius 3 is 2.20 bits per heavy atom. The number of hydrazine groups is 1. The van der Waals surface area contributed by atoms with Gasteiger partial charge in [0.15, 0.2) is 0 Å². The van der Waals surface area contributed by atoms with Gasteiger partial charge in [0.05, 0.1) is 10.6 Å². The first kappa shape index (κ1) is 21.6. The third kappa shape index (κ3) is 4.89. The first-order valence-electron chi connectivity index (χ1n) is 8.78. The van der Waals surface area contributed by atoms with E-state index >= 15 is 0 Å². The van der Waals surface area contributed by atoms with Crippen molar-refractivity contribution in [3.05, 3.63) is 82.1 Å². The second-order valence-corrected chi connectivity index (χ2v) is 9.11. The Bertz CT molecular complexity index is 1200. The summed E-state index contributed by atoms with van der Waals surface area (Å²) in [5.74, 6) is -1.06. The summed E-state index contributed by atoms with van der Waals surface area (Å²) in [6.45, 7) is 1.80. The minimum absolute atomic E-state index is 0.0139. The number of nitrogens with one attached hydrogen (secondary N) is 3. The van der Waals surface area contributed by atoms with Crippen LogP contribution in [0.2, 0.25) is 0 Å².